The van der Waals surface area contributed by atoms with E-state index in [9.17, 15) is 0 Å². The number of rotatable bonds is 6. The summed E-state index contributed by atoms with van der Waals surface area (Å²) in [6, 6.07) is 15.6. The van der Waals surface area contributed by atoms with Crippen molar-refractivity contribution in [1.29, 1.82) is 0 Å². The maximum atomic E-state index is 5.63. The molecule has 0 aliphatic heterocycles. The first kappa shape index (κ1) is 29.6. The molecule has 40 heavy (non-hydrogen) atoms. The smallest absolute Gasteiger partial charge is 0.142 e. The molecule has 0 atom stereocenters. The van der Waals surface area contributed by atoms with Crippen molar-refractivity contribution in [3.8, 4) is 17.0 Å². The van der Waals surface area contributed by atoms with E-state index in [1.54, 1.807) is 18.4 Å². The number of aryl methyl sites for hydroxylation is 2. The summed E-state index contributed by atoms with van der Waals surface area (Å²) < 4.78 is 9.37. The molecular weight excluding hydrogens is 512 g/mol. The highest BCUT2D eigenvalue weighted by Gasteiger charge is 2.24. The van der Waals surface area contributed by atoms with E-state index in [2.05, 4.69) is 80.1 Å². The van der Waals surface area contributed by atoms with Crippen LogP contribution < -0.4 is 10.1 Å². The van der Waals surface area contributed by atoms with Crippen molar-refractivity contribution in [2.45, 2.75) is 86.6 Å². The largest absolute Gasteiger partial charge is 0.495 e. The number of anilines is 1. The van der Waals surface area contributed by atoms with Crippen LogP contribution in [0.15, 0.2) is 53.0 Å². The van der Waals surface area contributed by atoms with E-state index in [1.807, 2.05) is 26.8 Å². The maximum absolute atomic E-state index is 5.63. The SMILES string of the molecule is CC.COc1cc(C)ccc1N/C(C)=N/c1c(C=C(C)C)cc(-c2ccc3sc(C)nc3c2)n1C1CCCCC1. The third-order valence-electron chi connectivity index (χ3n) is 7.16. The zero-order valence-electron chi connectivity index (χ0n) is 25.4. The zero-order chi connectivity index (χ0) is 28.8. The van der Waals surface area contributed by atoms with Crippen LogP contribution in [0.25, 0.3) is 27.6 Å². The summed E-state index contributed by atoms with van der Waals surface area (Å²) in [5.41, 5.74) is 7.97. The standard InChI is InChI=1S/C32H38N4OS.C2H6/c1-20(2)16-25-19-29(24-13-15-31-28(18-24)35-23(5)38-31)36(26-10-8-7-9-11-26)32(25)34-22(4)33-27-14-12-21(3)17-30(27)37-6;1-2/h12-19,26H,7-11H2,1-6H3,(H,33,34);1-2H3. The van der Waals surface area contributed by atoms with Gasteiger partial charge in [-0.1, -0.05) is 56.9 Å². The van der Waals surface area contributed by atoms with Crippen LogP contribution in [0.3, 0.4) is 0 Å². The minimum Gasteiger partial charge on any atom is -0.495 e. The van der Waals surface area contributed by atoms with Crippen LogP contribution in [0.1, 0.15) is 88.9 Å². The van der Waals surface area contributed by atoms with Gasteiger partial charge in [-0.25, -0.2) is 9.98 Å². The Balaban J connectivity index is 0.00000181. The monoisotopic (exact) mass is 556 g/mol. The third-order valence-corrected chi connectivity index (χ3v) is 8.11. The van der Waals surface area contributed by atoms with Crippen LogP contribution in [0.2, 0.25) is 0 Å². The summed E-state index contributed by atoms with van der Waals surface area (Å²) >= 11 is 1.75. The van der Waals surface area contributed by atoms with Gasteiger partial charge in [-0.05, 0) is 83.4 Å². The number of nitrogens with one attached hydrogen (secondary N) is 1. The van der Waals surface area contributed by atoms with Gasteiger partial charge < -0.3 is 14.6 Å². The lowest BCUT2D eigenvalue weighted by Gasteiger charge is -2.27. The first-order valence-electron chi connectivity index (χ1n) is 14.6. The second-order valence-corrected chi connectivity index (χ2v) is 11.9. The molecule has 0 amide bonds. The Labute approximate surface area is 244 Å². The summed E-state index contributed by atoms with van der Waals surface area (Å²) in [5, 5.41) is 4.61. The van der Waals surface area contributed by atoms with Crippen LogP contribution in [-0.4, -0.2) is 22.5 Å². The molecule has 5 rings (SSSR count). The predicted molar refractivity (Wildman–Crippen MR) is 175 cm³/mol. The molecule has 2 aromatic carbocycles. The Kier molecular flexibility index (Phi) is 9.85. The number of aliphatic imine (C=N–C) groups is 1. The number of methoxy groups -OCH3 is 1. The zero-order valence-corrected chi connectivity index (χ0v) is 26.2. The van der Waals surface area contributed by atoms with Crippen LogP contribution in [0.5, 0.6) is 5.75 Å². The quantitative estimate of drug-likeness (QED) is 0.190. The molecule has 2 heterocycles. The number of ether oxygens (including phenoxy) is 1. The highest BCUT2D eigenvalue weighted by Crippen LogP contribution is 2.42. The second kappa shape index (κ2) is 13.3. The first-order chi connectivity index (χ1) is 19.3. The van der Waals surface area contributed by atoms with E-state index in [4.69, 9.17) is 14.7 Å². The molecule has 0 spiro atoms. The number of hydrogen-bond acceptors (Lipinski definition) is 4. The van der Waals surface area contributed by atoms with E-state index in [-0.39, 0.29) is 0 Å². The van der Waals surface area contributed by atoms with Crippen molar-refractivity contribution < 1.29 is 4.74 Å². The lowest BCUT2D eigenvalue weighted by molar-refractivity contribution is 0.358. The molecular formula is C34H44N4OS. The van der Waals surface area contributed by atoms with Gasteiger partial charge in [0.1, 0.15) is 17.4 Å². The third kappa shape index (κ3) is 6.67. The summed E-state index contributed by atoms with van der Waals surface area (Å²) in [7, 11) is 1.71. The molecule has 4 aromatic rings. The number of nitrogens with zero attached hydrogens (tertiary/aromatic N) is 3. The molecule has 0 radical (unpaired) electrons. The van der Waals surface area contributed by atoms with Gasteiger partial charge in [0, 0.05) is 17.2 Å². The normalized spacial score (nSPS) is 14.1. The number of benzene rings is 2. The summed E-state index contributed by atoms with van der Waals surface area (Å²) in [5.74, 6) is 2.67. The lowest BCUT2D eigenvalue weighted by Crippen LogP contribution is -2.15. The number of hydrogen-bond donors (Lipinski definition) is 1. The fourth-order valence-electron chi connectivity index (χ4n) is 5.49. The molecule has 0 saturated heterocycles. The van der Waals surface area contributed by atoms with Crippen LogP contribution >= 0.6 is 11.3 Å². The Morgan fingerprint density at radius 3 is 2.48 bits per heavy atom. The minimum absolute atomic E-state index is 0.423. The van der Waals surface area contributed by atoms with Crippen LogP contribution in [0.4, 0.5) is 11.5 Å². The van der Waals surface area contributed by atoms with Gasteiger partial charge in [-0.2, -0.15) is 0 Å². The average Bonchev–Trinajstić information content (AvgIpc) is 3.49. The van der Waals surface area contributed by atoms with Crippen molar-refractivity contribution in [3.05, 3.63) is 64.2 Å². The predicted octanol–water partition coefficient (Wildman–Crippen LogP) is 10.5. The molecule has 1 fully saturated rings. The van der Waals surface area contributed by atoms with Gasteiger partial charge >= 0.3 is 0 Å². The molecule has 2 aromatic heterocycles. The fourth-order valence-corrected chi connectivity index (χ4v) is 6.29. The molecule has 0 bridgehead atoms. The van der Waals surface area contributed by atoms with E-state index in [1.165, 1.54) is 53.6 Å². The van der Waals surface area contributed by atoms with E-state index >= 15 is 0 Å². The van der Waals surface area contributed by atoms with E-state index < -0.39 is 0 Å². The minimum atomic E-state index is 0.423. The molecule has 1 saturated carbocycles. The summed E-state index contributed by atoms with van der Waals surface area (Å²) in [6.07, 6.45) is 8.43. The topological polar surface area (TPSA) is 51.4 Å². The maximum Gasteiger partial charge on any atom is 0.142 e. The number of fused-ring (bicyclic) bond motifs is 1. The molecule has 212 valence electrons. The van der Waals surface area contributed by atoms with Gasteiger partial charge in [-0.3, -0.25) is 0 Å². The van der Waals surface area contributed by atoms with Gasteiger partial charge in [0.15, 0.2) is 0 Å². The highest BCUT2D eigenvalue weighted by molar-refractivity contribution is 7.18. The van der Waals surface area contributed by atoms with Crippen LogP contribution in [-0.2, 0) is 0 Å². The van der Waals surface area contributed by atoms with Crippen molar-refractivity contribution in [3.63, 3.8) is 0 Å². The second-order valence-electron chi connectivity index (χ2n) is 10.6. The Morgan fingerprint density at radius 1 is 1.02 bits per heavy atom. The van der Waals surface area contributed by atoms with Crippen molar-refractivity contribution in [2.75, 3.05) is 12.4 Å². The molecule has 1 N–H and O–H groups in total. The molecule has 1 aliphatic carbocycles. The van der Waals surface area contributed by atoms with E-state index in [0.717, 1.165) is 44.7 Å². The molecule has 6 heteroatoms. The fraction of sp³-hybridized carbons (Fsp3) is 0.412. The van der Waals surface area contributed by atoms with Crippen molar-refractivity contribution in [1.82, 2.24) is 9.55 Å². The number of thiazole rings is 1. The van der Waals surface area contributed by atoms with E-state index in [0.29, 0.717) is 6.04 Å². The number of allylic oxidation sites excluding steroid dienone is 1. The Hall–Kier alpha value is -3.38. The summed E-state index contributed by atoms with van der Waals surface area (Å²) in [4.78, 5) is 10.0. The van der Waals surface area contributed by atoms with Gasteiger partial charge in [0.05, 0.1) is 33.7 Å². The number of amidine groups is 1. The van der Waals surface area contributed by atoms with Crippen LogP contribution in [0, 0.1) is 13.8 Å². The average molecular weight is 557 g/mol. The highest BCUT2D eigenvalue weighted by atomic mass is 32.1. The van der Waals surface area contributed by atoms with Gasteiger partial charge in [0.2, 0.25) is 0 Å². The molecule has 1 aliphatic rings. The van der Waals surface area contributed by atoms with Crippen molar-refractivity contribution >= 4 is 45.0 Å². The summed E-state index contributed by atoms with van der Waals surface area (Å²) in [6.45, 7) is 14.5. The van der Waals surface area contributed by atoms with Gasteiger partial charge in [-0.15, -0.1) is 11.3 Å². The first-order valence-corrected chi connectivity index (χ1v) is 15.4. The Morgan fingerprint density at radius 2 is 1.77 bits per heavy atom. The molecule has 0 unspecified atom stereocenters. The van der Waals surface area contributed by atoms with Crippen molar-refractivity contribution in [2.24, 2.45) is 4.99 Å². The Bertz CT molecular complexity index is 1510. The lowest BCUT2D eigenvalue weighted by atomic mass is 9.95. The molecule has 5 nitrogen and oxygen atoms in total. The number of aromatic nitrogens is 2. The van der Waals surface area contributed by atoms with Gasteiger partial charge in [0.25, 0.3) is 0 Å².